The van der Waals surface area contributed by atoms with Crippen LogP contribution in [0, 0.1) is 0 Å². The van der Waals surface area contributed by atoms with Crippen LogP contribution in [0.3, 0.4) is 0 Å². The highest BCUT2D eigenvalue weighted by molar-refractivity contribution is 7.74. The molecule has 2 rings (SSSR count). The zero-order valence-corrected chi connectivity index (χ0v) is 13.2. The van der Waals surface area contributed by atoms with Gasteiger partial charge in [0.1, 0.15) is 0 Å². The summed E-state index contributed by atoms with van der Waals surface area (Å²) in [7, 11) is -10.2. The molecule has 2 aromatic rings. The van der Waals surface area contributed by atoms with Gasteiger partial charge in [-0.3, -0.25) is 19.2 Å². The Morgan fingerprint density at radius 1 is 1.23 bits per heavy atom. The van der Waals surface area contributed by atoms with Crippen LogP contribution in [0.5, 0.6) is 0 Å². The molecule has 22 heavy (non-hydrogen) atoms. The summed E-state index contributed by atoms with van der Waals surface area (Å²) in [6.07, 6.45) is 3.55. The lowest BCUT2D eigenvalue weighted by Gasteiger charge is -2.28. The van der Waals surface area contributed by atoms with Gasteiger partial charge in [-0.15, -0.1) is 0 Å². The van der Waals surface area contributed by atoms with Gasteiger partial charge >= 0.3 is 7.60 Å². The van der Waals surface area contributed by atoms with Crippen LogP contribution in [-0.2, 0) is 15.6 Å². The Morgan fingerprint density at radius 2 is 1.91 bits per heavy atom. The molecule has 8 nitrogen and oxygen atoms in total. The van der Waals surface area contributed by atoms with Crippen molar-refractivity contribution >= 4 is 15.0 Å². The zero-order chi connectivity index (χ0) is 16.6. The van der Waals surface area contributed by atoms with Gasteiger partial charge in [0.25, 0.3) is 5.15 Å². The molecule has 0 radical (unpaired) electrons. The highest BCUT2D eigenvalue weighted by Crippen LogP contribution is 2.71. The monoisotopic (exact) mass is 349 g/mol. The van der Waals surface area contributed by atoms with Crippen molar-refractivity contribution in [3.63, 3.8) is 0 Å². The standard InChI is InChI=1S/C11H14FN3O5P2/c1-21(16,17)11(12,22(18,19)20)4-10-3-2-8(5-13-10)9-6-14-15-7-9/h2-3,5-7H,4H2,1H3,(H,14,15)(H,16,17)(H2,18,19,20). The minimum atomic E-state index is -5.47. The second kappa shape index (κ2) is 5.68. The minimum absolute atomic E-state index is 0.0470. The van der Waals surface area contributed by atoms with E-state index in [2.05, 4.69) is 15.2 Å². The number of hydrogen-bond donors (Lipinski definition) is 4. The van der Waals surface area contributed by atoms with E-state index in [1.54, 1.807) is 18.5 Å². The molecule has 2 unspecified atom stereocenters. The third-order valence-electron chi connectivity index (χ3n) is 3.14. The molecule has 0 bridgehead atoms. The van der Waals surface area contributed by atoms with Crippen molar-refractivity contribution in [2.45, 2.75) is 11.6 Å². The lowest BCUT2D eigenvalue weighted by molar-refractivity contribution is 0.250. The predicted molar refractivity (Wildman–Crippen MR) is 77.2 cm³/mol. The zero-order valence-electron chi connectivity index (χ0n) is 11.4. The van der Waals surface area contributed by atoms with Crippen molar-refractivity contribution in [3.8, 4) is 11.1 Å². The van der Waals surface area contributed by atoms with E-state index in [1.807, 2.05) is 0 Å². The van der Waals surface area contributed by atoms with E-state index in [1.165, 1.54) is 12.3 Å². The Balaban J connectivity index is 2.33. The first-order valence-corrected chi connectivity index (χ1v) is 9.75. The van der Waals surface area contributed by atoms with Gasteiger partial charge in [-0.05, 0) is 6.07 Å². The molecule has 0 saturated carbocycles. The quantitative estimate of drug-likeness (QED) is 0.603. The Hall–Kier alpha value is -1.37. The van der Waals surface area contributed by atoms with Crippen LogP contribution in [0.4, 0.5) is 4.39 Å². The van der Waals surface area contributed by atoms with Crippen molar-refractivity contribution in [1.82, 2.24) is 15.2 Å². The average Bonchev–Trinajstić information content (AvgIpc) is 2.90. The summed E-state index contributed by atoms with van der Waals surface area (Å²) in [5.74, 6) is 0. The van der Waals surface area contributed by atoms with Crippen molar-refractivity contribution < 1.29 is 28.2 Å². The molecule has 0 aliphatic rings. The maximum atomic E-state index is 14.5. The minimum Gasteiger partial charge on any atom is -0.342 e. The fraction of sp³-hybridized carbons (Fsp3) is 0.273. The maximum absolute atomic E-state index is 14.5. The fourth-order valence-electron chi connectivity index (χ4n) is 1.83. The molecule has 0 aliphatic carbocycles. The third-order valence-corrected chi connectivity index (χ3v) is 7.52. The number of nitrogens with one attached hydrogen (secondary N) is 1. The topological polar surface area (TPSA) is 136 Å². The first-order chi connectivity index (χ1) is 10.0. The SMILES string of the molecule is CP(=O)(O)C(F)(Cc1ccc(-c2cn[nH]c2)cn1)P(=O)(O)O. The number of halogens is 1. The number of H-pyrrole nitrogens is 1. The Labute approximate surface area is 125 Å². The van der Waals surface area contributed by atoms with E-state index in [0.717, 1.165) is 5.56 Å². The van der Waals surface area contributed by atoms with Crippen LogP contribution >= 0.6 is 15.0 Å². The molecule has 0 fully saturated rings. The Bertz CT molecular complexity index is 716. The lowest BCUT2D eigenvalue weighted by atomic mass is 10.1. The second-order valence-corrected chi connectivity index (χ2v) is 9.46. The van der Waals surface area contributed by atoms with Crippen LogP contribution in [0.25, 0.3) is 11.1 Å². The first-order valence-electron chi connectivity index (χ1n) is 6.03. The number of nitrogens with zero attached hydrogens (tertiary/aromatic N) is 2. The van der Waals surface area contributed by atoms with E-state index >= 15 is 0 Å². The number of hydrogen-bond acceptors (Lipinski definition) is 4. The fourth-order valence-corrected chi connectivity index (χ4v) is 4.59. The highest BCUT2D eigenvalue weighted by Gasteiger charge is 2.59. The molecule has 0 aromatic carbocycles. The van der Waals surface area contributed by atoms with Crippen LogP contribution in [0.1, 0.15) is 5.69 Å². The summed E-state index contributed by atoms with van der Waals surface area (Å²) in [6.45, 7) is 0.575. The molecule has 120 valence electrons. The average molecular weight is 349 g/mol. The Kier molecular flexibility index (Phi) is 4.39. The van der Waals surface area contributed by atoms with Crippen LogP contribution in [0.15, 0.2) is 30.7 Å². The molecule has 2 atom stereocenters. The predicted octanol–water partition coefficient (Wildman–Crippen LogP) is 1.72. The molecular weight excluding hydrogens is 335 g/mol. The molecule has 0 spiro atoms. The van der Waals surface area contributed by atoms with E-state index in [-0.39, 0.29) is 5.69 Å². The third kappa shape index (κ3) is 3.19. The molecule has 2 aromatic heterocycles. The molecule has 11 heteroatoms. The van der Waals surface area contributed by atoms with Crippen molar-refractivity contribution in [1.29, 1.82) is 0 Å². The first kappa shape index (κ1) is 17.0. The van der Waals surface area contributed by atoms with Gasteiger partial charge in [-0.1, -0.05) is 6.07 Å². The largest absolute Gasteiger partial charge is 0.372 e. The van der Waals surface area contributed by atoms with Crippen molar-refractivity contribution in [2.24, 2.45) is 0 Å². The number of aromatic nitrogens is 3. The van der Waals surface area contributed by atoms with Gasteiger partial charge < -0.3 is 14.7 Å². The number of alkyl halides is 1. The molecule has 0 saturated heterocycles. The molecular formula is C11H14FN3O5P2. The van der Waals surface area contributed by atoms with Crippen LogP contribution in [-0.4, -0.2) is 41.7 Å². The van der Waals surface area contributed by atoms with Crippen molar-refractivity contribution in [3.05, 3.63) is 36.4 Å². The second-order valence-electron chi connectivity index (χ2n) is 4.84. The number of rotatable bonds is 5. The number of pyridine rings is 1. The van der Waals surface area contributed by atoms with Crippen LogP contribution in [0.2, 0.25) is 0 Å². The molecule has 0 amide bonds. The smallest absolute Gasteiger partial charge is 0.342 e. The van der Waals surface area contributed by atoms with Gasteiger partial charge in [-0.25, -0.2) is 4.39 Å². The van der Waals surface area contributed by atoms with Gasteiger partial charge in [0.05, 0.1) is 6.20 Å². The van der Waals surface area contributed by atoms with Gasteiger partial charge in [0, 0.05) is 42.3 Å². The molecule has 0 aliphatic heterocycles. The summed E-state index contributed by atoms with van der Waals surface area (Å²) in [5.41, 5.74) is 1.33. The summed E-state index contributed by atoms with van der Waals surface area (Å²) in [4.78, 5) is 31.5. The summed E-state index contributed by atoms with van der Waals surface area (Å²) >= 11 is 0. The van der Waals surface area contributed by atoms with Gasteiger partial charge in [-0.2, -0.15) is 5.10 Å². The summed E-state index contributed by atoms with van der Waals surface area (Å²) in [6, 6.07) is 2.88. The number of aromatic amines is 1. The van der Waals surface area contributed by atoms with E-state index < -0.39 is 26.5 Å². The molecule has 2 heterocycles. The van der Waals surface area contributed by atoms with Gasteiger partial charge in [0.15, 0.2) is 0 Å². The maximum Gasteiger partial charge on any atom is 0.372 e. The highest BCUT2D eigenvalue weighted by atomic mass is 31.2. The van der Waals surface area contributed by atoms with Gasteiger partial charge in [0.2, 0.25) is 7.37 Å². The lowest BCUT2D eigenvalue weighted by Crippen LogP contribution is -2.26. The normalized spacial score (nSPS) is 17.7. The summed E-state index contributed by atoms with van der Waals surface area (Å²) in [5, 5.41) is 2.80. The van der Waals surface area contributed by atoms with E-state index in [4.69, 9.17) is 9.79 Å². The Morgan fingerprint density at radius 3 is 2.32 bits per heavy atom. The molecule has 4 N–H and O–H groups in total. The van der Waals surface area contributed by atoms with Crippen LogP contribution < -0.4 is 0 Å². The van der Waals surface area contributed by atoms with E-state index in [0.29, 0.717) is 12.2 Å². The van der Waals surface area contributed by atoms with E-state index in [9.17, 15) is 18.4 Å². The summed E-state index contributed by atoms with van der Waals surface area (Å²) < 4.78 is 37.4. The van der Waals surface area contributed by atoms with Crippen molar-refractivity contribution in [2.75, 3.05) is 6.66 Å².